The third-order valence-electron chi connectivity index (χ3n) is 3.05. The molecule has 0 amide bonds. The van der Waals surface area contributed by atoms with Gasteiger partial charge in [-0.3, -0.25) is 4.68 Å². The fourth-order valence-corrected chi connectivity index (χ4v) is 3.05. The minimum Gasteiger partial charge on any atom is -0.275 e. The van der Waals surface area contributed by atoms with Crippen LogP contribution in [0.3, 0.4) is 0 Å². The maximum atomic E-state index is 12.5. The Hall–Kier alpha value is -1.87. The summed E-state index contributed by atoms with van der Waals surface area (Å²) >= 11 is 0. The summed E-state index contributed by atoms with van der Waals surface area (Å²) < 4.78 is 64.7. The highest BCUT2D eigenvalue weighted by molar-refractivity contribution is 7.89. The van der Waals surface area contributed by atoms with E-state index in [9.17, 15) is 21.6 Å². The second kappa shape index (κ2) is 5.73. The van der Waals surface area contributed by atoms with E-state index >= 15 is 0 Å². The summed E-state index contributed by atoms with van der Waals surface area (Å²) in [6.45, 7) is 0.0806. The third-order valence-corrected chi connectivity index (χ3v) is 4.87. The summed E-state index contributed by atoms with van der Waals surface area (Å²) in [7, 11) is -0.798. The molecule has 0 radical (unpaired) electrons. The lowest BCUT2D eigenvalue weighted by Crippen LogP contribution is -2.26. The Morgan fingerprint density at radius 3 is 2.27 bits per heavy atom. The molecule has 0 aliphatic heterocycles. The van der Waals surface area contributed by atoms with Crippen LogP contribution in [-0.2, 0) is 29.8 Å². The third kappa shape index (κ3) is 3.47. The predicted octanol–water partition coefficient (Wildman–Crippen LogP) is 2.26. The van der Waals surface area contributed by atoms with Crippen LogP contribution < -0.4 is 0 Å². The van der Waals surface area contributed by atoms with E-state index < -0.39 is 21.8 Å². The molecule has 5 nitrogen and oxygen atoms in total. The lowest BCUT2D eigenvalue weighted by Gasteiger charge is -2.17. The van der Waals surface area contributed by atoms with E-state index in [4.69, 9.17) is 0 Å². The molecule has 0 aliphatic rings. The zero-order valence-electron chi connectivity index (χ0n) is 11.9. The number of aromatic nitrogens is 2. The number of nitrogens with zero attached hydrogens (tertiary/aromatic N) is 3. The normalized spacial score (nSPS) is 12.8. The standard InChI is InChI=1S/C13H14F3N3O2S/c1-18-8-10(7-17-18)9-19(2)22(20,21)12-5-3-11(4-6-12)13(14,15)16/h3-8H,9H2,1-2H3. The number of rotatable bonds is 4. The Balaban J connectivity index is 2.22. The summed E-state index contributed by atoms with van der Waals surface area (Å²) in [5.74, 6) is 0. The van der Waals surface area contributed by atoms with Crippen molar-refractivity contribution in [2.24, 2.45) is 7.05 Å². The maximum absolute atomic E-state index is 12.5. The molecule has 0 N–H and O–H groups in total. The van der Waals surface area contributed by atoms with Gasteiger partial charge >= 0.3 is 6.18 Å². The molecule has 0 saturated heterocycles. The maximum Gasteiger partial charge on any atom is 0.416 e. The quantitative estimate of drug-likeness (QED) is 0.862. The van der Waals surface area contributed by atoms with Gasteiger partial charge in [-0.05, 0) is 24.3 Å². The first kappa shape index (κ1) is 16.5. The zero-order valence-corrected chi connectivity index (χ0v) is 12.7. The van der Waals surface area contributed by atoms with Crippen molar-refractivity contribution in [1.29, 1.82) is 0 Å². The van der Waals surface area contributed by atoms with Gasteiger partial charge in [-0.1, -0.05) is 0 Å². The molecule has 1 aromatic heterocycles. The van der Waals surface area contributed by atoms with Crippen molar-refractivity contribution >= 4 is 10.0 Å². The van der Waals surface area contributed by atoms with Crippen LogP contribution in [-0.4, -0.2) is 29.6 Å². The van der Waals surface area contributed by atoms with Crippen molar-refractivity contribution in [2.45, 2.75) is 17.6 Å². The molecule has 22 heavy (non-hydrogen) atoms. The summed E-state index contributed by atoms with van der Waals surface area (Å²) in [5.41, 5.74) is -0.207. The first-order chi connectivity index (χ1) is 10.1. The molecule has 0 atom stereocenters. The molecule has 2 aromatic rings. The number of aryl methyl sites for hydroxylation is 1. The highest BCUT2D eigenvalue weighted by atomic mass is 32.2. The van der Waals surface area contributed by atoms with E-state index in [1.807, 2.05) is 0 Å². The predicted molar refractivity (Wildman–Crippen MR) is 73.3 cm³/mol. The van der Waals surface area contributed by atoms with Crippen LogP contribution in [0.5, 0.6) is 0 Å². The Bertz CT molecular complexity index is 752. The fourth-order valence-electron chi connectivity index (χ4n) is 1.89. The van der Waals surface area contributed by atoms with Gasteiger partial charge in [0.15, 0.2) is 0 Å². The van der Waals surface area contributed by atoms with Crippen molar-refractivity contribution in [2.75, 3.05) is 7.05 Å². The summed E-state index contributed by atoms with van der Waals surface area (Å²) in [6.07, 6.45) is -1.30. The van der Waals surface area contributed by atoms with Crippen LogP contribution in [0.4, 0.5) is 13.2 Å². The van der Waals surface area contributed by atoms with E-state index in [-0.39, 0.29) is 11.4 Å². The molecule has 0 unspecified atom stereocenters. The smallest absolute Gasteiger partial charge is 0.275 e. The van der Waals surface area contributed by atoms with Crippen LogP contribution in [0.25, 0.3) is 0 Å². The van der Waals surface area contributed by atoms with E-state index in [0.29, 0.717) is 5.56 Å². The Morgan fingerprint density at radius 1 is 1.23 bits per heavy atom. The van der Waals surface area contributed by atoms with Crippen molar-refractivity contribution < 1.29 is 21.6 Å². The lowest BCUT2D eigenvalue weighted by molar-refractivity contribution is -0.137. The molecule has 0 fully saturated rings. The molecule has 1 heterocycles. The average Bonchev–Trinajstić information content (AvgIpc) is 2.83. The molecule has 0 aliphatic carbocycles. The molecule has 9 heteroatoms. The number of alkyl halides is 3. The minimum absolute atomic E-state index is 0.0806. The van der Waals surface area contributed by atoms with Gasteiger partial charge < -0.3 is 0 Å². The fraction of sp³-hybridized carbons (Fsp3) is 0.308. The van der Waals surface area contributed by atoms with Crippen molar-refractivity contribution in [3.05, 3.63) is 47.8 Å². The number of sulfonamides is 1. The summed E-state index contributed by atoms with van der Waals surface area (Å²) in [6, 6.07) is 3.42. The molecule has 0 bridgehead atoms. The van der Waals surface area contributed by atoms with Gasteiger partial charge in [-0.15, -0.1) is 0 Å². The minimum atomic E-state index is -4.50. The van der Waals surface area contributed by atoms with Crippen molar-refractivity contribution in [3.8, 4) is 0 Å². The van der Waals surface area contributed by atoms with E-state index in [2.05, 4.69) is 5.10 Å². The van der Waals surface area contributed by atoms with Crippen LogP contribution in [0.15, 0.2) is 41.6 Å². The van der Waals surface area contributed by atoms with Crippen LogP contribution in [0.2, 0.25) is 0 Å². The number of hydrogen-bond acceptors (Lipinski definition) is 3. The van der Waals surface area contributed by atoms with E-state index in [0.717, 1.165) is 28.6 Å². The zero-order chi connectivity index (χ0) is 16.5. The second-order valence-electron chi connectivity index (χ2n) is 4.81. The van der Waals surface area contributed by atoms with Gasteiger partial charge in [-0.25, -0.2) is 8.42 Å². The first-order valence-corrected chi connectivity index (χ1v) is 7.66. The van der Waals surface area contributed by atoms with Crippen molar-refractivity contribution in [3.63, 3.8) is 0 Å². The van der Waals surface area contributed by atoms with Crippen molar-refractivity contribution in [1.82, 2.24) is 14.1 Å². The van der Waals surface area contributed by atoms with Crippen LogP contribution in [0, 0.1) is 0 Å². The Kier molecular flexibility index (Phi) is 4.30. The molecule has 120 valence electrons. The molecule has 0 saturated carbocycles. The van der Waals surface area contributed by atoms with Gasteiger partial charge in [0.1, 0.15) is 0 Å². The number of halogens is 3. The highest BCUT2D eigenvalue weighted by Gasteiger charge is 2.31. The lowest BCUT2D eigenvalue weighted by atomic mass is 10.2. The SMILES string of the molecule is CN(Cc1cnn(C)c1)S(=O)(=O)c1ccc(C(F)(F)F)cc1. The van der Waals surface area contributed by atoms with Gasteiger partial charge in [0.25, 0.3) is 0 Å². The summed E-state index contributed by atoms with van der Waals surface area (Å²) in [5, 5.41) is 3.93. The van der Waals surface area contributed by atoms with Gasteiger partial charge in [0.05, 0.1) is 16.7 Å². The van der Waals surface area contributed by atoms with Crippen LogP contribution >= 0.6 is 0 Å². The first-order valence-electron chi connectivity index (χ1n) is 6.22. The highest BCUT2D eigenvalue weighted by Crippen LogP contribution is 2.30. The van der Waals surface area contributed by atoms with Gasteiger partial charge in [-0.2, -0.15) is 22.6 Å². The molecular formula is C13H14F3N3O2S. The molecule has 0 spiro atoms. The number of benzene rings is 1. The molecular weight excluding hydrogens is 319 g/mol. The van der Waals surface area contributed by atoms with Gasteiger partial charge in [0.2, 0.25) is 10.0 Å². The van der Waals surface area contributed by atoms with Crippen LogP contribution in [0.1, 0.15) is 11.1 Å². The Labute approximate surface area is 126 Å². The largest absolute Gasteiger partial charge is 0.416 e. The van der Waals surface area contributed by atoms with E-state index in [1.165, 1.54) is 17.9 Å². The van der Waals surface area contributed by atoms with E-state index in [1.54, 1.807) is 13.2 Å². The number of hydrogen-bond donors (Lipinski definition) is 0. The second-order valence-corrected chi connectivity index (χ2v) is 6.85. The molecule has 1 aromatic carbocycles. The monoisotopic (exact) mass is 333 g/mol. The summed E-state index contributed by atoms with van der Waals surface area (Å²) in [4.78, 5) is -0.188. The molecule has 2 rings (SSSR count). The topological polar surface area (TPSA) is 55.2 Å². The van der Waals surface area contributed by atoms with Gasteiger partial charge in [0, 0.05) is 32.4 Å². The Morgan fingerprint density at radius 2 is 1.82 bits per heavy atom. The average molecular weight is 333 g/mol.